The van der Waals surface area contributed by atoms with Crippen LogP contribution in [-0.4, -0.2) is 0 Å². The van der Waals surface area contributed by atoms with Gasteiger partial charge >= 0.3 is 93.5 Å². The summed E-state index contributed by atoms with van der Waals surface area (Å²) in [5.41, 5.74) is 0. The molecule has 0 nitrogen and oxygen atoms in total. The van der Waals surface area contributed by atoms with Crippen molar-refractivity contribution >= 4 is 41.1 Å². The summed E-state index contributed by atoms with van der Waals surface area (Å²) in [5.74, 6) is 0. The predicted octanol–water partition coefficient (Wildman–Crippen LogP) is 6.14. The Morgan fingerprint density at radius 3 is 0.788 bits per heavy atom. The fourth-order valence-corrected chi connectivity index (χ4v) is 7.69. The molecule has 0 spiro atoms. The molecule has 0 atom stereocenters. The first-order valence-electron chi connectivity index (χ1n) is 10.8. The maximum atomic E-state index is 5.70. The van der Waals surface area contributed by atoms with Gasteiger partial charge in [0, 0.05) is 0 Å². The van der Waals surface area contributed by atoms with Gasteiger partial charge in [-0.3, -0.25) is 0 Å². The van der Waals surface area contributed by atoms with Gasteiger partial charge in [-0.05, 0) is 23.8 Å². The van der Waals surface area contributed by atoms with Crippen molar-refractivity contribution in [1.29, 1.82) is 0 Å². The molecule has 0 bridgehead atoms. The van der Waals surface area contributed by atoms with Crippen LogP contribution in [0.15, 0.2) is 152 Å². The second-order valence-electron chi connectivity index (χ2n) is 7.26. The summed E-state index contributed by atoms with van der Waals surface area (Å²) in [7, 11) is -0.446. The second-order valence-corrected chi connectivity index (χ2v) is 12.3. The Hall–Kier alpha value is -2.52. The van der Waals surface area contributed by atoms with Crippen molar-refractivity contribution in [2.24, 2.45) is 0 Å². The van der Waals surface area contributed by atoms with Gasteiger partial charge in [0.25, 0.3) is 0 Å². The van der Waals surface area contributed by atoms with Gasteiger partial charge < -0.3 is 1.43 Å². The van der Waals surface area contributed by atoms with E-state index in [4.69, 9.17) is 15.6 Å². The summed E-state index contributed by atoms with van der Waals surface area (Å²) in [6.07, 6.45) is 0. The fourth-order valence-electron chi connectivity index (χ4n) is 3.42. The zero-order chi connectivity index (χ0) is 22.7. The standard InChI is InChI=1S/C18H15P.C12H10P.Cu.H/c1-4-10-16(11-5-1)19(17-12-6-2-7-13-17)18-14-8-3-9-15-18;1-3-7-11(8-4-1)13-12-9-5-2-6-10-12;;/h1-15H;1-10H;;/q;-1;+2;-1. The van der Waals surface area contributed by atoms with Crippen molar-refractivity contribution in [2.45, 2.75) is 0 Å². The Morgan fingerprint density at radius 2 is 0.545 bits per heavy atom. The summed E-state index contributed by atoms with van der Waals surface area (Å²) < 4.78 is 0. The number of benzene rings is 5. The molecule has 0 radical (unpaired) electrons. The summed E-state index contributed by atoms with van der Waals surface area (Å²) >= 11 is 5.70. The number of hydrogen-bond acceptors (Lipinski definition) is 0. The Labute approximate surface area is 209 Å². The van der Waals surface area contributed by atoms with Crippen LogP contribution in [0.25, 0.3) is 0 Å². The Kier molecular flexibility index (Phi) is 9.06. The monoisotopic (exact) mass is 511 g/mol. The second kappa shape index (κ2) is 12.6. The molecule has 0 unspecified atom stereocenters. The SMILES string of the molecule is [Cu+][P](c1ccccc1)c1ccccc1.[H-].c1ccc(P(c2ccccc2)c2ccccc2)cc1. The minimum Gasteiger partial charge on any atom is -1.00 e. The van der Waals surface area contributed by atoms with Gasteiger partial charge in [0.15, 0.2) is 0 Å². The zero-order valence-corrected chi connectivity index (χ0v) is 20.9. The van der Waals surface area contributed by atoms with Crippen molar-refractivity contribution in [3.8, 4) is 0 Å². The Bertz CT molecular complexity index is 1070. The van der Waals surface area contributed by atoms with E-state index in [-0.39, 0.29) is 1.43 Å². The van der Waals surface area contributed by atoms with E-state index in [1.807, 2.05) is 36.4 Å². The molecular weight excluding hydrogens is 486 g/mol. The Balaban J connectivity index is 0.000000193. The molecule has 3 heteroatoms. The van der Waals surface area contributed by atoms with Crippen LogP contribution in [0, 0.1) is 0 Å². The third-order valence-electron chi connectivity index (χ3n) is 4.97. The van der Waals surface area contributed by atoms with Gasteiger partial charge in [0.05, 0.1) is 0 Å². The van der Waals surface area contributed by atoms with Gasteiger partial charge in [-0.2, -0.15) is 0 Å². The number of rotatable bonds is 5. The Morgan fingerprint density at radius 1 is 0.333 bits per heavy atom. The first kappa shape index (κ1) is 23.6. The van der Waals surface area contributed by atoms with Crippen LogP contribution in [0.2, 0.25) is 0 Å². The van der Waals surface area contributed by atoms with Crippen LogP contribution >= 0.6 is 14.5 Å². The van der Waals surface area contributed by atoms with Crippen molar-refractivity contribution in [3.63, 3.8) is 0 Å². The van der Waals surface area contributed by atoms with E-state index in [1.54, 1.807) is 0 Å². The minimum atomic E-state index is -0.608. The largest absolute Gasteiger partial charge is 1.00 e. The molecule has 5 rings (SSSR count). The van der Waals surface area contributed by atoms with Crippen molar-refractivity contribution in [2.75, 3.05) is 0 Å². The molecule has 33 heavy (non-hydrogen) atoms. The van der Waals surface area contributed by atoms with E-state index < -0.39 is 14.5 Å². The van der Waals surface area contributed by atoms with E-state index in [0.29, 0.717) is 0 Å². The van der Waals surface area contributed by atoms with Gasteiger partial charge in [-0.15, -0.1) is 0 Å². The fraction of sp³-hybridized carbons (Fsp3) is 0. The molecule has 0 aliphatic carbocycles. The topological polar surface area (TPSA) is 0 Å². The molecule has 0 aliphatic heterocycles. The molecule has 0 saturated heterocycles. The van der Waals surface area contributed by atoms with Crippen molar-refractivity contribution < 1.29 is 17.0 Å². The van der Waals surface area contributed by atoms with Crippen LogP contribution in [0.1, 0.15) is 1.43 Å². The van der Waals surface area contributed by atoms with Gasteiger partial charge in [0.1, 0.15) is 0 Å². The summed E-state index contributed by atoms with van der Waals surface area (Å²) in [4.78, 5) is 0. The molecule has 0 aliphatic rings. The molecule has 0 aromatic heterocycles. The summed E-state index contributed by atoms with van der Waals surface area (Å²) in [5, 5.41) is 6.68. The molecule has 5 aromatic rings. The molecule has 0 amide bonds. The average molecular weight is 512 g/mol. The van der Waals surface area contributed by atoms with Crippen molar-refractivity contribution in [3.05, 3.63) is 152 Å². The normalized spacial score (nSPS) is 10.5. The van der Waals surface area contributed by atoms with Gasteiger partial charge in [-0.25, -0.2) is 0 Å². The molecule has 0 saturated carbocycles. The van der Waals surface area contributed by atoms with Crippen LogP contribution in [0.5, 0.6) is 0 Å². The third-order valence-corrected chi connectivity index (χ3v) is 10.3. The van der Waals surface area contributed by atoms with E-state index in [1.165, 1.54) is 26.5 Å². The first-order chi connectivity index (χ1) is 16.3. The molecule has 0 N–H and O–H groups in total. The quantitative estimate of drug-likeness (QED) is 0.196. The molecular formula is C30H26CuP2. The zero-order valence-electron chi connectivity index (χ0n) is 19.1. The summed E-state index contributed by atoms with van der Waals surface area (Å²) in [6.45, 7) is -0.608. The maximum absolute atomic E-state index is 5.70. The molecule has 167 valence electrons. The van der Waals surface area contributed by atoms with Gasteiger partial charge in [0.2, 0.25) is 0 Å². The van der Waals surface area contributed by atoms with E-state index in [9.17, 15) is 0 Å². The van der Waals surface area contributed by atoms with Crippen molar-refractivity contribution in [1.82, 2.24) is 0 Å². The van der Waals surface area contributed by atoms with Crippen LogP contribution in [0.3, 0.4) is 0 Å². The number of hydrogen-bond donors (Lipinski definition) is 0. The van der Waals surface area contributed by atoms with E-state index in [0.717, 1.165) is 0 Å². The molecule has 0 fully saturated rings. The van der Waals surface area contributed by atoms with Crippen LogP contribution in [-0.2, 0) is 15.6 Å². The average Bonchev–Trinajstić information content (AvgIpc) is 2.92. The predicted molar refractivity (Wildman–Crippen MR) is 145 cm³/mol. The summed E-state index contributed by atoms with van der Waals surface area (Å²) in [6, 6.07) is 52.9. The first-order valence-corrected chi connectivity index (χ1v) is 14.6. The third kappa shape index (κ3) is 6.74. The van der Waals surface area contributed by atoms with Crippen LogP contribution in [0.4, 0.5) is 0 Å². The van der Waals surface area contributed by atoms with E-state index >= 15 is 0 Å². The molecule has 5 aromatic carbocycles. The van der Waals surface area contributed by atoms with Crippen LogP contribution < -0.4 is 26.5 Å². The minimum absolute atomic E-state index is 0. The van der Waals surface area contributed by atoms with E-state index in [2.05, 4.69) is 115 Å². The smallest absolute Gasteiger partial charge is 0.0134 e. The van der Waals surface area contributed by atoms with Gasteiger partial charge in [-0.1, -0.05) is 91.0 Å². The molecule has 0 heterocycles. The maximum Gasteiger partial charge on any atom is -0.0134 e.